The van der Waals surface area contributed by atoms with E-state index in [0.717, 1.165) is 0 Å². The number of ether oxygens (including phenoxy) is 1. The van der Waals surface area contributed by atoms with Gasteiger partial charge in [0.15, 0.2) is 0 Å². The molecule has 0 radical (unpaired) electrons. The molecule has 1 aromatic heterocycles. The van der Waals surface area contributed by atoms with E-state index in [0.29, 0.717) is 0 Å². The highest BCUT2D eigenvalue weighted by Gasteiger charge is 2.65. The van der Waals surface area contributed by atoms with Crippen molar-refractivity contribution in [2.24, 2.45) is 0 Å². The summed E-state index contributed by atoms with van der Waals surface area (Å²) < 4.78 is 45.4. The number of benzene rings is 1. The molecule has 1 aliphatic carbocycles. The lowest BCUT2D eigenvalue weighted by Gasteiger charge is -2.22. The van der Waals surface area contributed by atoms with Crippen molar-refractivity contribution < 1.29 is 17.9 Å². The van der Waals surface area contributed by atoms with Gasteiger partial charge in [0.1, 0.15) is 5.75 Å². The van der Waals surface area contributed by atoms with Gasteiger partial charge in [-0.2, -0.15) is 13.2 Å². The predicted octanol–water partition coefficient (Wildman–Crippen LogP) is 4.05. The van der Waals surface area contributed by atoms with Gasteiger partial charge in [0, 0.05) is 11.8 Å². The zero-order valence-corrected chi connectivity index (χ0v) is 11.0. The third-order valence-electron chi connectivity index (χ3n) is 3.70. The van der Waals surface area contributed by atoms with Crippen LogP contribution in [0, 0.1) is 0 Å². The molecule has 0 spiro atoms. The molecule has 3 nitrogen and oxygen atoms in total. The van der Waals surface area contributed by atoms with Gasteiger partial charge < -0.3 is 10.5 Å². The first-order chi connectivity index (χ1) is 9.94. The van der Waals surface area contributed by atoms with Gasteiger partial charge in [-0.15, -0.1) is 0 Å². The number of halogens is 3. The SMILES string of the molecule is Nc1cccnc1Oc1ccccc1C1(C(F)(F)F)CC1. The maximum absolute atomic E-state index is 13.3. The van der Waals surface area contributed by atoms with Crippen LogP contribution in [0.3, 0.4) is 0 Å². The van der Waals surface area contributed by atoms with E-state index < -0.39 is 11.6 Å². The molecule has 1 heterocycles. The molecule has 3 rings (SSSR count). The minimum atomic E-state index is -4.29. The quantitative estimate of drug-likeness (QED) is 0.929. The number of nitrogens with zero attached hydrogens (tertiary/aromatic N) is 1. The second-order valence-corrected chi connectivity index (χ2v) is 5.08. The third-order valence-corrected chi connectivity index (χ3v) is 3.70. The predicted molar refractivity (Wildman–Crippen MR) is 72.1 cm³/mol. The van der Waals surface area contributed by atoms with Crippen molar-refractivity contribution in [1.29, 1.82) is 0 Å². The van der Waals surface area contributed by atoms with Crippen molar-refractivity contribution in [3.8, 4) is 11.6 Å². The second kappa shape index (κ2) is 4.65. The Hall–Kier alpha value is -2.24. The van der Waals surface area contributed by atoms with Crippen molar-refractivity contribution in [3.05, 3.63) is 48.2 Å². The van der Waals surface area contributed by atoms with Gasteiger partial charge in [0.05, 0.1) is 11.1 Å². The highest BCUT2D eigenvalue weighted by molar-refractivity contribution is 5.52. The number of para-hydroxylation sites is 1. The van der Waals surface area contributed by atoms with Crippen LogP contribution in [0.15, 0.2) is 42.6 Å². The summed E-state index contributed by atoms with van der Waals surface area (Å²) in [4.78, 5) is 3.95. The van der Waals surface area contributed by atoms with Gasteiger partial charge in [-0.3, -0.25) is 0 Å². The Bertz CT molecular complexity index is 666. The van der Waals surface area contributed by atoms with Crippen LogP contribution in [-0.4, -0.2) is 11.2 Å². The van der Waals surface area contributed by atoms with Gasteiger partial charge in [0.25, 0.3) is 0 Å². The molecule has 0 unspecified atom stereocenters. The van der Waals surface area contributed by atoms with Gasteiger partial charge in [0.2, 0.25) is 5.88 Å². The fraction of sp³-hybridized carbons (Fsp3) is 0.267. The average molecular weight is 294 g/mol. The summed E-state index contributed by atoms with van der Waals surface area (Å²) in [7, 11) is 0. The lowest BCUT2D eigenvalue weighted by Crippen LogP contribution is -2.29. The number of hydrogen-bond donors (Lipinski definition) is 1. The van der Waals surface area contributed by atoms with Gasteiger partial charge >= 0.3 is 6.18 Å². The van der Waals surface area contributed by atoms with Crippen molar-refractivity contribution in [2.45, 2.75) is 24.4 Å². The number of alkyl halides is 3. The van der Waals surface area contributed by atoms with Crippen LogP contribution in [0.4, 0.5) is 18.9 Å². The number of pyridine rings is 1. The summed E-state index contributed by atoms with van der Waals surface area (Å²) in [6.07, 6.45) is -2.66. The average Bonchev–Trinajstić information content (AvgIpc) is 3.23. The topological polar surface area (TPSA) is 48.1 Å². The molecular weight excluding hydrogens is 281 g/mol. The Morgan fingerprint density at radius 3 is 2.43 bits per heavy atom. The van der Waals surface area contributed by atoms with Crippen LogP contribution in [0.2, 0.25) is 0 Å². The first-order valence-electron chi connectivity index (χ1n) is 6.49. The number of nitrogens with two attached hydrogens (primary N) is 1. The maximum Gasteiger partial charge on any atom is 0.398 e. The number of anilines is 1. The zero-order chi connectivity index (χ0) is 15.1. The minimum absolute atomic E-state index is 0.0780. The van der Waals surface area contributed by atoms with Crippen LogP contribution < -0.4 is 10.5 Å². The first kappa shape index (κ1) is 13.7. The summed E-state index contributed by atoms with van der Waals surface area (Å²) in [6, 6.07) is 9.39. The highest BCUT2D eigenvalue weighted by Crippen LogP contribution is 2.61. The van der Waals surface area contributed by atoms with E-state index in [9.17, 15) is 13.2 Å². The summed E-state index contributed by atoms with van der Waals surface area (Å²) in [5.41, 5.74) is 4.34. The fourth-order valence-electron chi connectivity index (χ4n) is 2.37. The Morgan fingerprint density at radius 1 is 1.10 bits per heavy atom. The van der Waals surface area contributed by atoms with E-state index in [1.54, 1.807) is 24.3 Å². The van der Waals surface area contributed by atoms with Gasteiger partial charge in [-0.25, -0.2) is 4.98 Å². The van der Waals surface area contributed by atoms with E-state index in [2.05, 4.69) is 4.98 Å². The smallest absolute Gasteiger partial charge is 0.398 e. The Morgan fingerprint density at radius 2 is 1.81 bits per heavy atom. The molecule has 1 saturated carbocycles. The molecule has 21 heavy (non-hydrogen) atoms. The zero-order valence-electron chi connectivity index (χ0n) is 11.0. The molecule has 0 aliphatic heterocycles. The molecule has 1 aromatic carbocycles. The Balaban J connectivity index is 2.00. The van der Waals surface area contributed by atoms with E-state index in [4.69, 9.17) is 10.5 Å². The van der Waals surface area contributed by atoms with E-state index >= 15 is 0 Å². The number of aromatic nitrogens is 1. The molecule has 1 fully saturated rings. The monoisotopic (exact) mass is 294 g/mol. The molecule has 110 valence electrons. The molecule has 1 aliphatic rings. The molecule has 0 saturated heterocycles. The van der Waals surface area contributed by atoms with Crippen LogP contribution in [0.1, 0.15) is 18.4 Å². The van der Waals surface area contributed by atoms with E-state index in [1.165, 1.54) is 18.3 Å². The lowest BCUT2D eigenvalue weighted by atomic mass is 9.94. The Kier molecular flexibility index (Phi) is 3.04. The number of hydrogen-bond acceptors (Lipinski definition) is 3. The maximum atomic E-state index is 13.3. The van der Waals surface area contributed by atoms with Crippen molar-refractivity contribution >= 4 is 5.69 Å². The first-order valence-corrected chi connectivity index (χ1v) is 6.49. The van der Waals surface area contributed by atoms with E-state index in [1.807, 2.05) is 0 Å². The molecule has 2 aromatic rings. The third kappa shape index (κ3) is 2.30. The van der Waals surface area contributed by atoms with Crippen LogP contribution in [-0.2, 0) is 5.41 Å². The summed E-state index contributed by atoms with van der Waals surface area (Å²) in [5.74, 6) is 0.264. The normalized spacial score (nSPS) is 16.5. The molecule has 0 amide bonds. The molecule has 0 bridgehead atoms. The molecule has 6 heteroatoms. The van der Waals surface area contributed by atoms with Crippen molar-refractivity contribution in [2.75, 3.05) is 5.73 Å². The summed E-state index contributed by atoms with van der Waals surface area (Å²) in [6.45, 7) is 0. The number of nitrogen functional groups attached to an aromatic ring is 1. The number of rotatable bonds is 3. The lowest BCUT2D eigenvalue weighted by molar-refractivity contribution is -0.160. The molecule has 2 N–H and O–H groups in total. The minimum Gasteiger partial charge on any atom is -0.437 e. The van der Waals surface area contributed by atoms with Crippen molar-refractivity contribution in [1.82, 2.24) is 4.98 Å². The standard InChI is InChI=1S/C15H13F3N2O/c16-15(17,18)14(7-8-14)10-4-1-2-6-12(10)21-13-11(19)5-3-9-20-13/h1-6,9H,7-8,19H2. The van der Waals surface area contributed by atoms with Crippen LogP contribution in [0.5, 0.6) is 11.6 Å². The Labute approximate surface area is 119 Å². The summed E-state index contributed by atoms with van der Waals surface area (Å²) >= 11 is 0. The van der Waals surface area contributed by atoms with E-state index in [-0.39, 0.29) is 35.7 Å². The van der Waals surface area contributed by atoms with Gasteiger partial charge in [-0.1, -0.05) is 18.2 Å². The van der Waals surface area contributed by atoms with Gasteiger partial charge in [-0.05, 0) is 31.0 Å². The highest BCUT2D eigenvalue weighted by atomic mass is 19.4. The molecule has 0 atom stereocenters. The largest absolute Gasteiger partial charge is 0.437 e. The second-order valence-electron chi connectivity index (χ2n) is 5.08. The summed E-state index contributed by atoms with van der Waals surface area (Å²) in [5, 5.41) is 0. The fourth-order valence-corrected chi connectivity index (χ4v) is 2.37. The van der Waals surface area contributed by atoms with Crippen molar-refractivity contribution in [3.63, 3.8) is 0 Å². The van der Waals surface area contributed by atoms with Crippen LogP contribution >= 0.6 is 0 Å². The molecular formula is C15H13F3N2O. The van der Waals surface area contributed by atoms with Crippen LogP contribution in [0.25, 0.3) is 0 Å².